The lowest BCUT2D eigenvalue weighted by Gasteiger charge is -2.15. The molecule has 0 aliphatic carbocycles. The Balaban J connectivity index is 2.19. The molecule has 2 rings (SSSR count). The van der Waals surface area contributed by atoms with Crippen molar-refractivity contribution in [3.8, 4) is 5.75 Å². The quantitative estimate of drug-likeness (QED) is 0.895. The van der Waals surface area contributed by atoms with Crippen molar-refractivity contribution in [3.63, 3.8) is 0 Å². The second-order valence-electron chi connectivity index (χ2n) is 4.39. The van der Waals surface area contributed by atoms with Crippen LogP contribution in [0.25, 0.3) is 0 Å². The summed E-state index contributed by atoms with van der Waals surface area (Å²) in [7, 11) is 1.68. The number of hydrogen-bond acceptors (Lipinski definition) is 3. The summed E-state index contributed by atoms with van der Waals surface area (Å²) >= 11 is 1.74. The van der Waals surface area contributed by atoms with Crippen LogP contribution in [-0.4, -0.2) is 18.8 Å². The van der Waals surface area contributed by atoms with Gasteiger partial charge in [0.2, 0.25) is 0 Å². The highest BCUT2D eigenvalue weighted by Gasteiger charge is 2.13. The molecule has 2 aromatic rings. The van der Waals surface area contributed by atoms with Crippen molar-refractivity contribution in [3.05, 3.63) is 51.7 Å². The predicted octanol–water partition coefficient (Wildman–Crippen LogP) is 3.38. The van der Waals surface area contributed by atoms with Gasteiger partial charge in [0.1, 0.15) is 5.75 Å². The van der Waals surface area contributed by atoms with E-state index in [-0.39, 0.29) is 12.5 Å². The van der Waals surface area contributed by atoms with E-state index in [1.54, 1.807) is 18.4 Å². The summed E-state index contributed by atoms with van der Waals surface area (Å²) in [6, 6.07) is 10.3. The van der Waals surface area contributed by atoms with Gasteiger partial charge in [0.25, 0.3) is 0 Å². The van der Waals surface area contributed by atoms with Gasteiger partial charge in [0.05, 0.1) is 13.7 Å². The molecule has 0 fully saturated rings. The standard InChI is InChI=1S/C15H18O2S/c1-11-8-12(5-6-15(11)17-2)13(10-16)9-14-4-3-7-18-14/h3-8,13,16H,9-10H2,1-2H3. The molecule has 96 valence electrons. The molecule has 1 heterocycles. The molecule has 0 aliphatic heterocycles. The van der Waals surface area contributed by atoms with E-state index in [1.807, 2.05) is 25.1 Å². The average Bonchev–Trinajstić information content (AvgIpc) is 2.88. The van der Waals surface area contributed by atoms with Crippen LogP contribution >= 0.6 is 11.3 Å². The Hall–Kier alpha value is -1.32. The number of thiophene rings is 1. The molecule has 0 bridgehead atoms. The number of aryl methyl sites for hydroxylation is 1. The van der Waals surface area contributed by atoms with Crippen LogP contribution < -0.4 is 4.74 Å². The zero-order chi connectivity index (χ0) is 13.0. The number of methoxy groups -OCH3 is 1. The monoisotopic (exact) mass is 262 g/mol. The summed E-state index contributed by atoms with van der Waals surface area (Å²) in [6.45, 7) is 2.20. The molecule has 1 atom stereocenters. The van der Waals surface area contributed by atoms with E-state index in [4.69, 9.17) is 4.74 Å². The van der Waals surface area contributed by atoms with Crippen LogP contribution in [0, 0.1) is 6.92 Å². The van der Waals surface area contributed by atoms with Gasteiger partial charge in [-0.15, -0.1) is 11.3 Å². The summed E-state index contributed by atoms with van der Waals surface area (Å²) in [6.07, 6.45) is 0.889. The van der Waals surface area contributed by atoms with Crippen molar-refractivity contribution >= 4 is 11.3 Å². The zero-order valence-electron chi connectivity index (χ0n) is 10.7. The average molecular weight is 262 g/mol. The predicted molar refractivity (Wildman–Crippen MR) is 75.6 cm³/mol. The van der Waals surface area contributed by atoms with Gasteiger partial charge in [0, 0.05) is 10.8 Å². The third-order valence-electron chi connectivity index (χ3n) is 3.14. The van der Waals surface area contributed by atoms with Crippen molar-refractivity contribution in [2.24, 2.45) is 0 Å². The third-order valence-corrected chi connectivity index (χ3v) is 4.04. The number of aliphatic hydroxyl groups is 1. The van der Waals surface area contributed by atoms with E-state index in [9.17, 15) is 5.11 Å². The first-order valence-electron chi connectivity index (χ1n) is 6.02. The van der Waals surface area contributed by atoms with Gasteiger partial charge in [-0.2, -0.15) is 0 Å². The number of hydrogen-bond donors (Lipinski definition) is 1. The van der Waals surface area contributed by atoms with E-state index in [0.717, 1.165) is 17.7 Å². The van der Waals surface area contributed by atoms with Gasteiger partial charge in [-0.3, -0.25) is 0 Å². The highest BCUT2D eigenvalue weighted by Crippen LogP contribution is 2.27. The Morgan fingerprint density at radius 3 is 2.72 bits per heavy atom. The van der Waals surface area contributed by atoms with E-state index in [1.165, 1.54) is 10.4 Å². The fourth-order valence-corrected chi connectivity index (χ4v) is 2.90. The molecular weight excluding hydrogens is 244 g/mol. The van der Waals surface area contributed by atoms with Crippen LogP contribution in [0.4, 0.5) is 0 Å². The fraction of sp³-hybridized carbons (Fsp3) is 0.333. The molecule has 0 radical (unpaired) electrons. The lowest BCUT2D eigenvalue weighted by Crippen LogP contribution is -2.07. The Labute approximate surface area is 112 Å². The van der Waals surface area contributed by atoms with E-state index in [2.05, 4.69) is 17.5 Å². The van der Waals surface area contributed by atoms with E-state index in [0.29, 0.717) is 0 Å². The normalized spacial score (nSPS) is 12.4. The van der Waals surface area contributed by atoms with Gasteiger partial charge < -0.3 is 9.84 Å². The van der Waals surface area contributed by atoms with Crippen molar-refractivity contribution in [1.29, 1.82) is 0 Å². The van der Waals surface area contributed by atoms with Crippen LogP contribution in [0.1, 0.15) is 21.9 Å². The molecule has 0 spiro atoms. The minimum Gasteiger partial charge on any atom is -0.496 e. The number of benzene rings is 1. The highest BCUT2D eigenvalue weighted by molar-refractivity contribution is 7.09. The first-order chi connectivity index (χ1) is 8.74. The Morgan fingerprint density at radius 1 is 1.33 bits per heavy atom. The molecule has 0 aliphatic rings. The number of rotatable bonds is 5. The van der Waals surface area contributed by atoms with Crippen LogP contribution in [0.2, 0.25) is 0 Å². The Morgan fingerprint density at radius 2 is 2.17 bits per heavy atom. The molecule has 0 amide bonds. The first kappa shape index (κ1) is 13.1. The molecule has 1 aromatic heterocycles. The molecule has 18 heavy (non-hydrogen) atoms. The summed E-state index contributed by atoms with van der Waals surface area (Å²) in [5.74, 6) is 1.06. The van der Waals surface area contributed by atoms with E-state index >= 15 is 0 Å². The smallest absolute Gasteiger partial charge is 0.121 e. The Bertz CT molecular complexity index is 491. The topological polar surface area (TPSA) is 29.5 Å². The van der Waals surface area contributed by atoms with Gasteiger partial charge in [-0.25, -0.2) is 0 Å². The summed E-state index contributed by atoms with van der Waals surface area (Å²) in [5, 5.41) is 11.6. The van der Waals surface area contributed by atoms with Crippen molar-refractivity contribution < 1.29 is 9.84 Å². The van der Waals surface area contributed by atoms with Crippen LogP contribution in [-0.2, 0) is 6.42 Å². The van der Waals surface area contributed by atoms with Crippen molar-refractivity contribution in [2.45, 2.75) is 19.3 Å². The summed E-state index contributed by atoms with van der Waals surface area (Å²) in [4.78, 5) is 1.31. The van der Waals surface area contributed by atoms with Gasteiger partial charge >= 0.3 is 0 Å². The van der Waals surface area contributed by atoms with Crippen LogP contribution in [0.5, 0.6) is 5.75 Å². The maximum absolute atomic E-state index is 9.57. The number of aliphatic hydroxyl groups excluding tert-OH is 1. The molecule has 0 saturated heterocycles. The van der Waals surface area contributed by atoms with Crippen LogP contribution in [0.15, 0.2) is 35.7 Å². The molecule has 1 aromatic carbocycles. The number of ether oxygens (including phenoxy) is 1. The maximum atomic E-state index is 9.57. The van der Waals surface area contributed by atoms with Crippen LogP contribution in [0.3, 0.4) is 0 Å². The third kappa shape index (κ3) is 2.92. The molecule has 3 heteroatoms. The molecule has 1 unspecified atom stereocenters. The van der Waals surface area contributed by atoms with Gasteiger partial charge in [0.15, 0.2) is 0 Å². The molecule has 1 N–H and O–H groups in total. The lowest BCUT2D eigenvalue weighted by atomic mass is 9.94. The first-order valence-corrected chi connectivity index (χ1v) is 6.90. The van der Waals surface area contributed by atoms with E-state index < -0.39 is 0 Å². The second kappa shape index (κ2) is 6.03. The SMILES string of the molecule is COc1ccc(C(CO)Cc2cccs2)cc1C. The van der Waals surface area contributed by atoms with Gasteiger partial charge in [-0.1, -0.05) is 18.2 Å². The zero-order valence-corrected chi connectivity index (χ0v) is 11.5. The second-order valence-corrected chi connectivity index (χ2v) is 5.42. The summed E-state index contributed by atoms with van der Waals surface area (Å²) in [5.41, 5.74) is 2.28. The lowest BCUT2D eigenvalue weighted by molar-refractivity contribution is 0.265. The van der Waals surface area contributed by atoms with Crippen molar-refractivity contribution in [1.82, 2.24) is 0 Å². The summed E-state index contributed by atoms with van der Waals surface area (Å²) < 4.78 is 5.26. The largest absolute Gasteiger partial charge is 0.496 e. The van der Waals surface area contributed by atoms with Gasteiger partial charge in [-0.05, 0) is 42.0 Å². The fourth-order valence-electron chi connectivity index (χ4n) is 2.11. The highest BCUT2D eigenvalue weighted by atomic mass is 32.1. The molecule has 2 nitrogen and oxygen atoms in total. The maximum Gasteiger partial charge on any atom is 0.121 e. The molecular formula is C15H18O2S. The Kier molecular flexibility index (Phi) is 4.39. The minimum absolute atomic E-state index is 0.160. The molecule has 0 saturated carbocycles. The van der Waals surface area contributed by atoms with Crippen molar-refractivity contribution in [2.75, 3.05) is 13.7 Å². The minimum atomic E-state index is 0.160.